The lowest BCUT2D eigenvalue weighted by Gasteiger charge is -2.42. The normalized spacial score (nSPS) is 19.0. The van der Waals surface area contributed by atoms with Crippen LogP contribution in [0.15, 0.2) is 59.9 Å². The molecule has 1 atom stereocenters. The Bertz CT molecular complexity index is 1480. The second kappa shape index (κ2) is 7.82. The highest BCUT2D eigenvalue weighted by Gasteiger charge is 2.46. The van der Waals surface area contributed by atoms with E-state index in [1.54, 1.807) is 6.07 Å². The Kier molecular flexibility index (Phi) is 4.86. The summed E-state index contributed by atoms with van der Waals surface area (Å²) in [7, 11) is 0. The molecule has 3 heterocycles. The number of rotatable bonds is 3. The van der Waals surface area contributed by atoms with Crippen LogP contribution >= 0.6 is 11.6 Å². The number of fused-ring (bicyclic) bond motifs is 2. The summed E-state index contributed by atoms with van der Waals surface area (Å²) in [6.45, 7) is 5.69. The standard InChI is InChI=1S/C26H25ClN6O/c1-15(17-7-4-5-9-19(17)27)21-20-23(32-31-21)29-25(30-24(20)34)33-12-10-26(11-13-33)14-16-6-2-3-8-18(16)22(26)28/h2-9,22H,1,10-14,28H2,(H2,29,30,31,32,34)/t22-/m1/s1. The van der Waals surface area contributed by atoms with Crippen molar-refractivity contribution in [3.8, 4) is 0 Å². The number of H-pyrrole nitrogens is 2. The average molecular weight is 473 g/mol. The quantitative estimate of drug-likeness (QED) is 0.414. The van der Waals surface area contributed by atoms with Crippen LogP contribution in [0, 0.1) is 5.41 Å². The predicted octanol–water partition coefficient (Wildman–Crippen LogP) is 4.20. The maximum Gasteiger partial charge on any atom is 0.264 e. The van der Waals surface area contributed by atoms with Gasteiger partial charge < -0.3 is 10.6 Å². The number of hydrogen-bond acceptors (Lipinski definition) is 5. The number of hydrogen-bond donors (Lipinski definition) is 3. The van der Waals surface area contributed by atoms with E-state index in [1.165, 1.54) is 11.1 Å². The third kappa shape index (κ3) is 3.19. The maximum atomic E-state index is 13.1. The number of benzene rings is 2. The van der Waals surface area contributed by atoms with Gasteiger partial charge in [-0.1, -0.05) is 60.6 Å². The van der Waals surface area contributed by atoms with Crippen molar-refractivity contribution >= 4 is 34.2 Å². The summed E-state index contributed by atoms with van der Waals surface area (Å²) in [4.78, 5) is 22.9. The first kappa shape index (κ1) is 21.1. The lowest BCUT2D eigenvalue weighted by molar-refractivity contribution is 0.187. The Morgan fingerprint density at radius 3 is 2.65 bits per heavy atom. The second-order valence-corrected chi connectivity index (χ2v) is 9.75. The van der Waals surface area contributed by atoms with Gasteiger partial charge >= 0.3 is 0 Å². The molecular weight excluding hydrogens is 448 g/mol. The molecule has 34 heavy (non-hydrogen) atoms. The van der Waals surface area contributed by atoms with Gasteiger partial charge in [0.05, 0.1) is 0 Å². The van der Waals surface area contributed by atoms with Crippen molar-refractivity contribution in [1.29, 1.82) is 0 Å². The number of nitrogens with one attached hydrogen (secondary N) is 2. The molecule has 2 aliphatic rings. The molecule has 4 aromatic rings. The first-order valence-electron chi connectivity index (χ1n) is 11.5. The van der Waals surface area contributed by atoms with Crippen molar-refractivity contribution in [2.75, 3.05) is 18.0 Å². The van der Waals surface area contributed by atoms with Crippen LogP contribution in [0.2, 0.25) is 5.02 Å². The van der Waals surface area contributed by atoms with Crippen LogP contribution in [0.25, 0.3) is 16.6 Å². The van der Waals surface area contributed by atoms with E-state index in [4.69, 9.17) is 22.3 Å². The van der Waals surface area contributed by atoms with E-state index >= 15 is 0 Å². The zero-order valence-corrected chi connectivity index (χ0v) is 19.4. The van der Waals surface area contributed by atoms with Crippen LogP contribution < -0.4 is 16.2 Å². The lowest BCUT2D eigenvalue weighted by Crippen LogP contribution is -2.45. The van der Waals surface area contributed by atoms with E-state index < -0.39 is 0 Å². The molecule has 0 bridgehead atoms. The van der Waals surface area contributed by atoms with E-state index in [0.717, 1.165) is 37.9 Å². The molecule has 6 rings (SSSR count). The van der Waals surface area contributed by atoms with Crippen LogP contribution in [0.5, 0.6) is 0 Å². The first-order valence-corrected chi connectivity index (χ1v) is 11.9. The number of nitrogens with zero attached hydrogens (tertiary/aromatic N) is 3. The number of anilines is 1. The zero-order valence-electron chi connectivity index (χ0n) is 18.6. The minimum atomic E-state index is -0.248. The van der Waals surface area contributed by atoms with Gasteiger partial charge in [0, 0.05) is 35.3 Å². The van der Waals surface area contributed by atoms with Gasteiger partial charge in [0.2, 0.25) is 5.95 Å². The van der Waals surface area contributed by atoms with Gasteiger partial charge in [-0.3, -0.25) is 14.9 Å². The molecule has 2 aromatic heterocycles. The van der Waals surface area contributed by atoms with Gasteiger partial charge in [0.1, 0.15) is 11.1 Å². The fourth-order valence-corrected chi connectivity index (χ4v) is 5.85. The van der Waals surface area contributed by atoms with Crippen molar-refractivity contribution in [3.05, 3.63) is 92.9 Å². The zero-order chi connectivity index (χ0) is 23.4. The molecule has 0 unspecified atom stereocenters. The van der Waals surface area contributed by atoms with E-state index in [2.05, 4.69) is 50.9 Å². The van der Waals surface area contributed by atoms with Crippen molar-refractivity contribution in [2.24, 2.45) is 11.1 Å². The smallest absolute Gasteiger partial charge is 0.264 e. The predicted molar refractivity (Wildman–Crippen MR) is 135 cm³/mol. The van der Waals surface area contributed by atoms with Gasteiger partial charge in [-0.25, -0.2) is 0 Å². The lowest BCUT2D eigenvalue weighted by atomic mass is 9.73. The van der Waals surface area contributed by atoms with Crippen LogP contribution in [-0.4, -0.2) is 33.3 Å². The van der Waals surface area contributed by atoms with Crippen LogP contribution in [0.3, 0.4) is 0 Å². The topological polar surface area (TPSA) is 104 Å². The summed E-state index contributed by atoms with van der Waals surface area (Å²) in [6.07, 6.45) is 2.90. The molecule has 4 N–H and O–H groups in total. The third-order valence-electron chi connectivity index (χ3n) is 7.55. The number of aromatic amines is 2. The molecule has 0 amide bonds. The molecule has 172 valence electrons. The largest absolute Gasteiger partial charge is 0.342 e. The Balaban J connectivity index is 1.27. The van der Waals surface area contributed by atoms with E-state index in [-0.39, 0.29) is 17.0 Å². The van der Waals surface area contributed by atoms with E-state index in [1.807, 2.05) is 18.2 Å². The maximum absolute atomic E-state index is 13.1. The molecule has 0 saturated carbocycles. The minimum Gasteiger partial charge on any atom is -0.342 e. The summed E-state index contributed by atoms with van der Waals surface area (Å²) >= 11 is 6.33. The summed E-state index contributed by atoms with van der Waals surface area (Å²) in [5, 5.41) is 8.20. The Hall–Kier alpha value is -3.42. The molecule has 8 heteroatoms. The highest BCUT2D eigenvalue weighted by molar-refractivity contribution is 6.32. The Morgan fingerprint density at radius 2 is 1.88 bits per heavy atom. The van der Waals surface area contributed by atoms with Crippen molar-refractivity contribution < 1.29 is 0 Å². The Morgan fingerprint density at radius 1 is 1.15 bits per heavy atom. The van der Waals surface area contributed by atoms with Gasteiger partial charge in [-0.15, -0.1) is 0 Å². The molecule has 1 aliphatic heterocycles. The van der Waals surface area contributed by atoms with Crippen molar-refractivity contribution in [1.82, 2.24) is 20.2 Å². The molecule has 0 radical (unpaired) electrons. The highest BCUT2D eigenvalue weighted by atomic mass is 35.5. The fourth-order valence-electron chi connectivity index (χ4n) is 5.60. The molecule has 1 saturated heterocycles. The molecule has 1 aliphatic carbocycles. The summed E-state index contributed by atoms with van der Waals surface area (Å²) in [5.74, 6) is 0.551. The summed E-state index contributed by atoms with van der Waals surface area (Å²) < 4.78 is 0. The Labute approximate surface area is 201 Å². The van der Waals surface area contributed by atoms with Crippen molar-refractivity contribution in [3.63, 3.8) is 0 Å². The highest BCUT2D eigenvalue weighted by Crippen LogP contribution is 2.50. The number of nitrogens with two attached hydrogens (primary N) is 1. The molecule has 7 nitrogen and oxygen atoms in total. The SMILES string of the molecule is C=C(c1ccccc1Cl)c1n[nH]c2nc(N3CCC4(CC3)Cc3ccccc3[C@H]4N)[nH]c(=O)c12. The van der Waals surface area contributed by atoms with Gasteiger partial charge in [0.15, 0.2) is 5.65 Å². The monoisotopic (exact) mass is 472 g/mol. The molecular formula is C26H25ClN6O. The number of halogens is 1. The first-order chi connectivity index (χ1) is 16.5. The van der Waals surface area contributed by atoms with Gasteiger partial charge in [0.25, 0.3) is 5.56 Å². The van der Waals surface area contributed by atoms with Gasteiger partial charge in [-0.05, 0) is 41.9 Å². The third-order valence-corrected chi connectivity index (χ3v) is 7.88. The molecule has 1 fully saturated rings. The van der Waals surface area contributed by atoms with Crippen molar-refractivity contribution in [2.45, 2.75) is 25.3 Å². The van der Waals surface area contributed by atoms with Crippen LogP contribution in [0.4, 0.5) is 5.95 Å². The minimum absolute atomic E-state index is 0.0475. The average Bonchev–Trinajstić information content (AvgIpc) is 3.39. The van der Waals surface area contributed by atoms with Gasteiger partial charge in [-0.2, -0.15) is 10.1 Å². The number of piperidine rings is 1. The fraction of sp³-hybridized carbons (Fsp3) is 0.269. The molecule has 1 spiro atoms. The van der Waals surface area contributed by atoms with Crippen LogP contribution in [-0.2, 0) is 6.42 Å². The van der Waals surface area contributed by atoms with Crippen LogP contribution in [0.1, 0.15) is 41.3 Å². The number of aromatic nitrogens is 4. The summed E-state index contributed by atoms with van der Waals surface area (Å²) in [5.41, 5.74) is 11.4. The van der Waals surface area contributed by atoms with E-state index in [0.29, 0.717) is 33.3 Å². The second-order valence-electron chi connectivity index (χ2n) is 9.35. The summed E-state index contributed by atoms with van der Waals surface area (Å²) in [6, 6.07) is 15.9. The van der Waals surface area contributed by atoms with E-state index in [9.17, 15) is 4.79 Å². The molecule has 2 aromatic carbocycles.